The second-order valence-corrected chi connectivity index (χ2v) is 6.88. The van der Waals surface area contributed by atoms with Crippen LogP contribution < -0.4 is 5.32 Å². The van der Waals surface area contributed by atoms with Crippen LogP contribution in [0.1, 0.15) is 23.8 Å². The van der Waals surface area contributed by atoms with Crippen molar-refractivity contribution in [3.63, 3.8) is 0 Å². The molecule has 0 spiro atoms. The second kappa shape index (κ2) is 6.26. The van der Waals surface area contributed by atoms with Gasteiger partial charge in [0.2, 0.25) is 0 Å². The van der Waals surface area contributed by atoms with Gasteiger partial charge in [-0.15, -0.1) is 11.3 Å². The molecule has 0 aliphatic carbocycles. The lowest BCUT2D eigenvalue weighted by atomic mass is 10.2. The third-order valence-corrected chi connectivity index (χ3v) is 5.23. The molecule has 1 aromatic rings. The topological polar surface area (TPSA) is 32.3 Å². The van der Waals surface area contributed by atoms with Crippen LogP contribution in [0.3, 0.4) is 0 Å². The van der Waals surface area contributed by atoms with Crippen molar-refractivity contribution in [1.82, 2.24) is 5.32 Å². The van der Waals surface area contributed by atoms with E-state index in [-0.39, 0.29) is 0 Å². The van der Waals surface area contributed by atoms with E-state index in [0.29, 0.717) is 12.6 Å². The maximum absolute atomic E-state index is 9.95. The van der Waals surface area contributed by atoms with E-state index in [1.165, 1.54) is 29.9 Å². The van der Waals surface area contributed by atoms with Gasteiger partial charge >= 0.3 is 0 Å². The molecule has 0 aromatic carbocycles. The van der Waals surface area contributed by atoms with Gasteiger partial charge in [0.05, 0.1) is 4.34 Å². The van der Waals surface area contributed by atoms with Gasteiger partial charge in [-0.25, -0.2) is 0 Å². The zero-order chi connectivity index (χ0) is 11.4. The predicted molar refractivity (Wildman–Crippen MR) is 72.6 cm³/mol. The Morgan fingerprint density at radius 3 is 3.06 bits per heavy atom. The average Bonchev–Trinajstić information content (AvgIpc) is 2.74. The monoisotopic (exact) mass is 277 g/mol. The quantitative estimate of drug-likeness (QED) is 0.888. The number of hydrogen-bond donors (Lipinski definition) is 2. The van der Waals surface area contributed by atoms with Crippen molar-refractivity contribution >= 4 is 34.7 Å². The van der Waals surface area contributed by atoms with Crippen LogP contribution in [0.25, 0.3) is 0 Å². The minimum atomic E-state index is -0.426. The number of aliphatic hydroxyl groups is 1. The summed E-state index contributed by atoms with van der Waals surface area (Å²) in [7, 11) is 0. The molecule has 2 rings (SSSR count). The molecule has 1 aliphatic heterocycles. The fourth-order valence-electron chi connectivity index (χ4n) is 1.79. The van der Waals surface area contributed by atoms with Crippen molar-refractivity contribution < 1.29 is 5.11 Å². The largest absolute Gasteiger partial charge is 0.386 e. The molecule has 1 fully saturated rings. The minimum absolute atomic E-state index is 0.426. The van der Waals surface area contributed by atoms with Gasteiger partial charge in [0, 0.05) is 23.2 Å². The zero-order valence-electron chi connectivity index (χ0n) is 8.99. The van der Waals surface area contributed by atoms with Gasteiger partial charge < -0.3 is 10.4 Å². The third-order valence-electron chi connectivity index (χ3n) is 2.68. The van der Waals surface area contributed by atoms with Gasteiger partial charge in [0.25, 0.3) is 0 Å². The minimum Gasteiger partial charge on any atom is -0.386 e. The molecule has 0 radical (unpaired) electrons. The summed E-state index contributed by atoms with van der Waals surface area (Å²) in [5.74, 6) is 2.44. The maximum atomic E-state index is 9.95. The first-order valence-electron chi connectivity index (χ1n) is 5.50. The third kappa shape index (κ3) is 3.64. The van der Waals surface area contributed by atoms with Crippen LogP contribution in [-0.4, -0.2) is 29.2 Å². The molecule has 16 heavy (non-hydrogen) atoms. The lowest BCUT2D eigenvalue weighted by molar-refractivity contribution is 0.173. The molecule has 0 amide bonds. The van der Waals surface area contributed by atoms with Crippen LogP contribution in [0.15, 0.2) is 12.1 Å². The van der Waals surface area contributed by atoms with Crippen molar-refractivity contribution in [3.8, 4) is 0 Å². The number of thioether (sulfide) groups is 1. The zero-order valence-corrected chi connectivity index (χ0v) is 11.4. The van der Waals surface area contributed by atoms with Gasteiger partial charge in [0.1, 0.15) is 6.10 Å². The average molecular weight is 278 g/mol. The van der Waals surface area contributed by atoms with Crippen LogP contribution in [-0.2, 0) is 0 Å². The first-order valence-corrected chi connectivity index (χ1v) is 7.85. The molecule has 5 heteroatoms. The number of nitrogens with one attached hydrogen (secondary N) is 1. The Kier molecular flexibility index (Phi) is 4.97. The van der Waals surface area contributed by atoms with E-state index in [9.17, 15) is 5.11 Å². The van der Waals surface area contributed by atoms with Crippen LogP contribution in [0.5, 0.6) is 0 Å². The molecule has 1 aromatic heterocycles. The van der Waals surface area contributed by atoms with Gasteiger partial charge in [-0.05, 0) is 30.7 Å². The van der Waals surface area contributed by atoms with Crippen molar-refractivity contribution in [2.45, 2.75) is 25.0 Å². The molecule has 1 saturated heterocycles. The van der Waals surface area contributed by atoms with Gasteiger partial charge in [-0.3, -0.25) is 0 Å². The van der Waals surface area contributed by atoms with E-state index >= 15 is 0 Å². The van der Waals surface area contributed by atoms with Crippen molar-refractivity contribution in [2.75, 3.05) is 18.1 Å². The van der Waals surface area contributed by atoms with Crippen LogP contribution in [0.2, 0.25) is 4.34 Å². The maximum Gasteiger partial charge on any atom is 0.101 e. The number of aliphatic hydroxyl groups excluding tert-OH is 1. The Labute approximate surface area is 109 Å². The highest BCUT2D eigenvalue weighted by molar-refractivity contribution is 7.99. The van der Waals surface area contributed by atoms with E-state index in [4.69, 9.17) is 11.6 Å². The molecule has 2 N–H and O–H groups in total. The summed E-state index contributed by atoms with van der Waals surface area (Å²) in [6.45, 7) is 0.627. The molecular weight excluding hydrogens is 262 g/mol. The highest BCUT2D eigenvalue weighted by atomic mass is 35.5. The second-order valence-electron chi connectivity index (χ2n) is 3.98. The van der Waals surface area contributed by atoms with Gasteiger partial charge in [-0.1, -0.05) is 11.6 Å². The summed E-state index contributed by atoms with van der Waals surface area (Å²) in [4.78, 5) is 0.945. The summed E-state index contributed by atoms with van der Waals surface area (Å²) in [5.41, 5.74) is 0. The molecule has 2 heterocycles. The van der Waals surface area contributed by atoms with Crippen LogP contribution >= 0.6 is 34.7 Å². The Morgan fingerprint density at radius 2 is 2.44 bits per heavy atom. The molecule has 1 aliphatic rings. The molecular formula is C11H16ClNOS2. The smallest absolute Gasteiger partial charge is 0.101 e. The summed E-state index contributed by atoms with van der Waals surface area (Å²) in [6.07, 6.45) is 2.08. The molecule has 2 unspecified atom stereocenters. The van der Waals surface area contributed by atoms with E-state index in [0.717, 1.165) is 15.0 Å². The van der Waals surface area contributed by atoms with Crippen molar-refractivity contribution in [3.05, 3.63) is 21.3 Å². The van der Waals surface area contributed by atoms with E-state index in [1.54, 1.807) is 0 Å². The molecule has 90 valence electrons. The fourth-order valence-corrected chi connectivity index (χ4v) is 3.94. The summed E-state index contributed by atoms with van der Waals surface area (Å²) >= 11 is 9.28. The molecule has 0 saturated carbocycles. The van der Waals surface area contributed by atoms with E-state index in [2.05, 4.69) is 5.32 Å². The lowest BCUT2D eigenvalue weighted by Gasteiger charge is -2.23. The van der Waals surface area contributed by atoms with Gasteiger partial charge in [-0.2, -0.15) is 11.8 Å². The predicted octanol–water partition coefficient (Wildman–Crippen LogP) is 2.92. The molecule has 2 nitrogen and oxygen atoms in total. The van der Waals surface area contributed by atoms with Gasteiger partial charge in [0.15, 0.2) is 0 Å². The lowest BCUT2D eigenvalue weighted by Crippen LogP contribution is -2.36. The molecule has 2 atom stereocenters. The highest BCUT2D eigenvalue weighted by Gasteiger charge is 2.16. The van der Waals surface area contributed by atoms with Crippen LogP contribution in [0, 0.1) is 0 Å². The number of thiophene rings is 1. The fraction of sp³-hybridized carbons (Fsp3) is 0.636. The molecule has 0 bridgehead atoms. The normalized spacial score (nSPS) is 23.2. The van der Waals surface area contributed by atoms with Crippen molar-refractivity contribution in [2.24, 2.45) is 0 Å². The first kappa shape index (κ1) is 12.7. The van der Waals surface area contributed by atoms with Crippen LogP contribution in [0.4, 0.5) is 0 Å². The number of halogens is 1. The van der Waals surface area contributed by atoms with E-state index < -0.39 is 6.10 Å². The Balaban J connectivity index is 1.76. The SMILES string of the molecule is OC(CNC1CCCSC1)c1ccc(Cl)s1. The number of hydrogen-bond acceptors (Lipinski definition) is 4. The standard InChI is InChI=1S/C11H16ClNOS2/c12-11-4-3-10(16-11)9(14)6-13-8-2-1-5-15-7-8/h3-4,8-9,13-14H,1-2,5-7H2. The van der Waals surface area contributed by atoms with Crippen molar-refractivity contribution in [1.29, 1.82) is 0 Å². The summed E-state index contributed by atoms with van der Waals surface area (Å²) in [6, 6.07) is 4.29. The Bertz CT molecular complexity index is 326. The Morgan fingerprint density at radius 1 is 1.56 bits per heavy atom. The summed E-state index contributed by atoms with van der Waals surface area (Å²) in [5, 5.41) is 13.4. The highest BCUT2D eigenvalue weighted by Crippen LogP contribution is 2.26. The van der Waals surface area contributed by atoms with E-state index in [1.807, 2.05) is 23.9 Å². The first-order chi connectivity index (χ1) is 7.75. The summed E-state index contributed by atoms with van der Waals surface area (Å²) < 4.78 is 0.738. The Hall–Kier alpha value is 0.260. The number of rotatable bonds is 4.